The van der Waals surface area contributed by atoms with Gasteiger partial charge in [0.05, 0.1) is 11.2 Å². The van der Waals surface area contributed by atoms with Gasteiger partial charge in [-0.05, 0) is 0 Å². The summed E-state index contributed by atoms with van der Waals surface area (Å²) in [6, 6.07) is 1.74. The quantitative estimate of drug-likeness (QED) is 0.834. The minimum Gasteiger partial charge on any atom is -0.299 e. The Bertz CT molecular complexity index is 663. The predicted molar refractivity (Wildman–Crippen MR) is 61.9 cm³/mol. The lowest BCUT2D eigenvalue weighted by Crippen LogP contribution is -2.31. The third-order valence-electron chi connectivity index (χ3n) is 2.22. The second-order valence-corrected chi connectivity index (χ2v) is 4.06. The van der Waals surface area contributed by atoms with Gasteiger partial charge in [-0.15, -0.1) is 11.3 Å². The van der Waals surface area contributed by atoms with E-state index < -0.39 is 11.2 Å². The van der Waals surface area contributed by atoms with Crippen LogP contribution >= 0.6 is 11.3 Å². The van der Waals surface area contributed by atoms with Gasteiger partial charge in [-0.25, -0.2) is 9.78 Å². The highest BCUT2D eigenvalue weighted by Crippen LogP contribution is 2.02. The second kappa shape index (κ2) is 4.76. The van der Waals surface area contributed by atoms with Gasteiger partial charge in [0.15, 0.2) is 0 Å². The van der Waals surface area contributed by atoms with Crippen LogP contribution in [0.15, 0.2) is 26.7 Å². The molecule has 6 nitrogen and oxygen atoms in total. The van der Waals surface area contributed by atoms with Crippen molar-refractivity contribution >= 4 is 11.3 Å². The van der Waals surface area contributed by atoms with E-state index in [1.165, 1.54) is 22.1 Å². The predicted octanol–water partition coefficient (Wildman–Crippen LogP) is 0.107. The molecule has 1 N–H and O–H groups in total. The summed E-state index contributed by atoms with van der Waals surface area (Å²) in [6.07, 6.45) is 1.86. The summed E-state index contributed by atoms with van der Waals surface area (Å²) in [4.78, 5) is 28.8. The molecule has 2 aromatic heterocycles. The molecule has 2 rings (SSSR count). The lowest BCUT2D eigenvalue weighted by atomic mass is 10.3. The summed E-state index contributed by atoms with van der Waals surface area (Å²) >= 11 is 1.48. The van der Waals surface area contributed by atoms with Gasteiger partial charge in [-0.1, -0.05) is 0 Å². The number of aromatic nitrogens is 3. The van der Waals surface area contributed by atoms with E-state index in [1.807, 2.05) is 5.38 Å². The highest BCUT2D eigenvalue weighted by Gasteiger charge is 2.04. The van der Waals surface area contributed by atoms with Crippen LogP contribution < -0.4 is 11.2 Å². The number of thiazole rings is 1. The first-order valence-corrected chi connectivity index (χ1v) is 5.76. The fourth-order valence-corrected chi connectivity index (χ4v) is 1.94. The number of aryl methyl sites for hydroxylation is 2. The molecule has 0 aliphatic rings. The monoisotopic (exact) mass is 248 g/mol. The van der Waals surface area contributed by atoms with Crippen LogP contribution in [0, 0.1) is 11.3 Å². The molecule has 0 fully saturated rings. The van der Waals surface area contributed by atoms with Crippen LogP contribution in [0.2, 0.25) is 0 Å². The molecule has 0 bridgehead atoms. The highest BCUT2D eigenvalue weighted by atomic mass is 32.1. The van der Waals surface area contributed by atoms with Crippen LogP contribution in [0.3, 0.4) is 0 Å². The number of nitrogens with one attached hydrogen (secondary N) is 1. The highest BCUT2D eigenvalue weighted by molar-refractivity contribution is 7.07. The third kappa shape index (κ3) is 2.49. The lowest BCUT2D eigenvalue weighted by Gasteiger charge is -2.03. The summed E-state index contributed by atoms with van der Waals surface area (Å²) in [5, 5.41) is 10.6. The van der Waals surface area contributed by atoms with Crippen molar-refractivity contribution in [3.63, 3.8) is 0 Å². The molecular formula is C10H8N4O2S. The molecule has 0 unspecified atom stereocenters. The van der Waals surface area contributed by atoms with Gasteiger partial charge in [0.1, 0.15) is 11.6 Å². The molecule has 0 atom stereocenters. The van der Waals surface area contributed by atoms with E-state index in [0.29, 0.717) is 13.0 Å². The van der Waals surface area contributed by atoms with Crippen molar-refractivity contribution in [3.8, 4) is 6.07 Å². The van der Waals surface area contributed by atoms with Gasteiger partial charge in [-0.3, -0.25) is 14.3 Å². The Morgan fingerprint density at radius 2 is 2.35 bits per heavy atom. The Balaban J connectivity index is 2.25. The minimum absolute atomic E-state index is 0.0668. The van der Waals surface area contributed by atoms with Crippen LogP contribution in [-0.4, -0.2) is 14.5 Å². The summed E-state index contributed by atoms with van der Waals surface area (Å²) < 4.78 is 1.30. The first-order valence-electron chi connectivity index (χ1n) is 4.81. The number of nitriles is 1. The fraction of sp³-hybridized carbons (Fsp3) is 0.200. The van der Waals surface area contributed by atoms with Gasteiger partial charge in [0.25, 0.3) is 5.56 Å². The van der Waals surface area contributed by atoms with Crippen LogP contribution in [0.1, 0.15) is 11.3 Å². The largest absolute Gasteiger partial charge is 0.328 e. The maximum absolute atomic E-state index is 11.4. The number of hydrogen-bond acceptors (Lipinski definition) is 5. The Morgan fingerprint density at radius 3 is 3.00 bits per heavy atom. The molecular weight excluding hydrogens is 240 g/mol. The number of rotatable bonds is 3. The molecule has 0 saturated heterocycles. The maximum atomic E-state index is 11.4. The molecule has 0 saturated carbocycles. The summed E-state index contributed by atoms with van der Waals surface area (Å²) in [5.41, 5.74) is 1.37. The summed E-state index contributed by atoms with van der Waals surface area (Å²) in [5.74, 6) is 0. The normalized spacial score (nSPS) is 10.1. The molecule has 0 aliphatic heterocycles. The zero-order chi connectivity index (χ0) is 12.3. The van der Waals surface area contributed by atoms with Gasteiger partial charge in [0.2, 0.25) is 0 Å². The van der Waals surface area contributed by atoms with Gasteiger partial charge in [0, 0.05) is 24.5 Å². The number of H-pyrrole nitrogens is 1. The number of nitrogens with zero attached hydrogens (tertiary/aromatic N) is 3. The average Bonchev–Trinajstić information content (AvgIpc) is 2.81. The number of aromatic amines is 1. The van der Waals surface area contributed by atoms with E-state index in [4.69, 9.17) is 5.26 Å². The average molecular weight is 248 g/mol. The van der Waals surface area contributed by atoms with Crippen LogP contribution in [-0.2, 0) is 13.0 Å². The van der Waals surface area contributed by atoms with Crippen LogP contribution in [0.25, 0.3) is 0 Å². The molecule has 0 amide bonds. The van der Waals surface area contributed by atoms with E-state index in [-0.39, 0.29) is 5.56 Å². The molecule has 0 radical (unpaired) electrons. The topological polar surface area (TPSA) is 91.5 Å². The Hall–Kier alpha value is -2.20. The molecule has 2 aromatic rings. The van der Waals surface area contributed by atoms with Crippen molar-refractivity contribution in [3.05, 3.63) is 49.2 Å². The van der Waals surface area contributed by atoms with Crippen molar-refractivity contribution in [2.24, 2.45) is 0 Å². The van der Waals surface area contributed by atoms with Crippen molar-refractivity contribution in [2.45, 2.75) is 13.0 Å². The molecule has 0 spiro atoms. The van der Waals surface area contributed by atoms with E-state index in [9.17, 15) is 9.59 Å². The smallest absolute Gasteiger partial charge is 0.299 e. The molecule has 2 heterocycles. The summed E-state index contributed by atoms with van der Waals surface area (Å²) in [7, 11) is 0. The molecule has 0 aromatic carbocycles. The van der Waals surface area contributed by atoms with Crippen molar-refractivity contribution in [1.29, 1.82) is 5.26 Å². The van der Waals surface area contributed by atoms with Crippen molar-refractivity contribution < 1.29 is 0 Å². The van der Waals surface area contributed by atoms with Crippen LogP contribution in [0.5, 0.6) is 0 Å². The minimum atomic E-state index is -0.651. The zero-order valence-electron chi connectivity index (χ0n) is 8.71. The van der Waals surface area contributed by atoms with Crippen LogP contribution in [0.4, 0.5) is 0 Å². The number of hydrogen-bond donors (Lipinski definition) is 1. The van der Waals surface area contributed by atoms with E-state index in [0.717, 1.165) is 5.69 Å². The van der Waals surface area contributed by atoms with E-state index in [2.05, 4.69) is 9.97 Å². The first kappa shape index (κ1) is 11.3. The van der Waals surface area contributed by atoms with Gasteiger partial charge >= 0.3 is 5.69 Å². The van der Waals surface area contributed by atoms with E-state index >= 15 is 0 Å². The van der Waals surface area contributed by atoms with Crippen molar-refractivity contribution in [1.82, 2.24) is 14.5 Å². The molecule has 0 aliphatic carbocycles. The Kier molecular flexibility index (Phi) is 3.16. The molecule has 86 valence electrons. The molecule has 7 heteroatoms. The SMILES string of the molecule is N#Cc1cn(CCc2cscn2)c(=O)[nH]c1=O. The lowest BCUT2D eigenvalue weighted by molar-refractivity contribution is 0.637. The summed E-state index contributed by atoms with van der Waals surface area (Å²) in [6.45, 7) is 0.383. The van der Waals surface area contributed by atoms with Gasteiger partial charge < -0.3 is 0 Å². The third-order valence-corrected chi connectivity index (χ3v) is 2.86. The Labute approximate surface area is 99.8 Å². The standard InChI is InChI=1S/C10H8N4O2S/c11-3-7-4-14(10(16)13-9(7)15)2-1-8-5-17-6-12-8/h4-6H,1-2H2,(H,13,15,16). The first-order chi connectivity index (χ1) is 8.20. The van der Waals surface area contributed by atoms with Crippen molar-refractivity contribution in [2.75, 3.05) is 0 Å². The fourth-order valence-electron chi connectivity index (χ4n) is 1.35. The zero-order valence-corrected chi connectivity index (χ0v) is 9.53. The molecule has 17 heavy (non-hydrogen) atoms. The van der Waals surface area contributed by atoms with E-state index in [1.54, 1.807) is 11.6 Å². The maximum Gasteiger partial charge on any atom is 0.328 e. The Morgan fingerprint density at radius 1 is 1.53 bits per heavy atom. The van der Waals surface area contributed by atoms with Gasteiger partial charge in [-0.2, -0.15) is 5.26 Å². The second-order valence-electron chi connectivity index (χ2n) is 3.34.